The van der Waals surface area contributed by atoms with Crippen LogP contribution in [-0.4, -0.2) is 31.6 Å². The second-order valence-corrected chi connectivity index (χ2v) is 7.75. The van der Waals surface area contributed by atoms with Gasteiger partial charge in [0, 0.05) is 23.9 Å². The van der Waals surface area contributed by atoms with Crippen molar-refractivity contribution in [1.29, 1.82) is 0 Å². The largest absolute Gasteiger partial charge is 0.302 e. The van der Waals surface area contributed by atoms with Crippen molar-refractivity contribution in [1.82, 2.24) is 4.98 Å². The van der Waals surface area contributed by atoms with E-state index in [-0.39, 0.29) is 18.9 Å². The van der Waals surface area contributed by atoms with E-state index in [2.05, 4.69) is 4.98 Å². The Balaban J connectivity index is 1.87. The molecule has 0 N–H and O–H groups in total. The van der Waals surface area contributed by atoms with E-state index in [1.807, 2.05) is 6.07 Å². The third-order valence-electron chi connectivity index (χ3n) is 3.21. The number of aromatic nitrogens is 1. The van der Waals surface area contributed by atoms with Crippen molar-refractivity contribution < 1.29 is 17.1 Å². The topological polar surface area (TPSA) is 67.3 Å². The minimum absolute atomic E-state index is 0.0137. The molecule has 0 bridgehead atoms. The SMILES string of the molecule is O=C1CC(CS(=O)(=O)F)CN1c1nc2cc(Cl)ccc2s1. The van der Waals surface area contributed by atoms with Gasteiger partial charge in [0.15, 0.2) is 5.13 Å². The average molecular weight is 349 g/mol. The van der Waals surface area contributed by atoms with Crippen LogP contribution in [0.2, 0.25) is 5.02 Å². The van der Waals surface area contributed by atoms with Gasteiger partial charge in [-0.25, -0.2) is 4.98 Å². The van der Waals surface area contributed by atoms with Crippen molar-refractivity contribution in [3.63, 3.8) is 0 Å². The summed E-state index contributed by atoms with van der Waals surface area (Å²) in [5.41, 5.74) is 0.678. The van der Waals surface area contributed by atoms with Crippen LogP contribution in [0.4, 0.5) is 9.02 Å². The van der Waals surface area contributed by atoms with Gasteiger partial charge in [0.2, 0.25) is 5.91 Å². The van der Waals surface area contributed by atoms with Gasteiger partial charge in [-0.05, 0) is 18.2 Å². The number of halogens is 2. The van der Waals surface area contributed by atoms with Crippen molar-refractivity contribution in [3.8, 4) is 0 Å². The maximum atomic E-state index is 12.7. The molecule has 1 aromatic carbocycles. The summed E-state index contributed by atoms with van der Waals surface area (Å²) in [6, 6.07) is 5.24. The molecule has 2 heterocycles. The first-order valence-corrected chi connectivity index (χ1v) is 8.85. The number of hydrogen-bond donors (Lipinski definition) is 0. The second-order valence-electron chi connectivity index (χ2n) is 4.89. The average Bonchev–Trinajstić information content (AvgIpc) is 2.89. The van der Waals surface area contributed by atoms with E-state index in [0.717, 1.165) is 4.70 Å². The van der Waals surface area contributed by atoms with Crippen molar-refractivity contribution >= 4 is 54.4 Å². The molecule has 1 aliphatic heterocycles. The molecule has 1 fully saturated rings. The first-order valence-electron chi connectivity index (χ1n) is 6.10. The van der Waals surface area contributed by atoms with Crippen LogP contribution in [0.5, 0.6) is 0 Å². The molecule has 2 aromatic rings. The van der Waals surface area contributed by atoms with E-state index >= 15 is 0 Å². The van der Waals surface area contributed by atoms with E-state index in [4.69, 9.17) is 11.6 Å². The maximum Gasteiger partial charge on any atom is 0.302 e. The highest BCUT2D eigenvalue weighted by Gasteiger charge is 2.35. The fourth-order valence-corrected chi connectivity index (χ4v) is 4.29. The summed E-state index contributed by atoms with van der Waals surface area (Å²) in [6.45, 7) is 0.162. The molecule has 1 aromatic heterocycles. The normalized spacial score (nSPS) is 19.6. The van der Waals surface area contributed by atoms with Gasteiger partial charge >= 0.3 is 10.2 Å². The Labute approximate surface area is 129 Å². The van der Waals surface area contributed by atoms with E-state index < -0.39 is 21.9 Å². The van der Waals surface area contributed by atoms with E-state index in [1.54, 1.807) is 12.1 Å². The Morgan fingerprint density at radius 1 is 1.48 bits per heavy atom. The number of carbonyl (C=O) groups is 1. The van der Waals surface area contributed by atoms with Crippen LogP contribution >= 0.6 is 22.9 Å². The number of amides is 1. The molecule has 1 unspecified atom stereocenters. The predicted molar refractivity (Wildman–Crippen MR) is 80.0 cm³/mol. The number of benzene rings is 1. The molecule has 112 valence electrons. The summed E-state index contributed by atoms with van der Waals surface area (Å²) in [7, 11) is -4.58. The van der Waals surface area contributed by atoms with Crippen molar-refractivity contribution in [2.75, 3.05) is 17.2 Å². The van der Waals surface area contributed by atoms with E-state index in [1.165, 1.54) is 16.2 Å². The fourth-order valence-electron chi connectivity index (χ4n) is 2.36. The summed E-state index contributed by atoms with van der Waals surface area (Å²) < 4.78 is 35.0. The smallest absolute Gasteiger partial charge is 0.288 e. The summed E-state index contributed by atoms with van der Waals surface area (Å²) in [5.74, 6) is -1.41. The van der Waals surface area contributed by atoms with E-state index in [9.17, 15) is 17.1 Å². The first-order chi connectivity index (χ1) is 9.82. The maximum absolute atomic E-state index is 12.7. The molecule has 5 nitrogen and oxygen atoms in total. The van der Waals surface area contributed by atoms with Gasteiger partial charge in [-0.1, -0.05) is 22.9 Å². The van der Waals surface area contributed by atoms with Gasteiger partial charge in [0.1, 0.15) is 0 Å². The van der Waals surface area contributed by atoms with Crippen LogP contribution in [0.3, 0.4) is 0 Å². The summed E-state index contributed by atoms with van der Waals surface area (Å²) in [4.78, 5) is 17.7. The van der Waals surface area contributed by atoms with E-state index in [0.29, 0.717) is 15.7 Å². The van der Waals surface area contributed by atoms with Crippen molar-refractivity contribution in [2.45, 2.75) is 6.42 Å². The Morgan fingerprint density at radius 3 is 2.95 bits per heavy atom. The molecule has 1 atom stereocenters. The van der Waals surface area contributed by atoms with Gasteiger partial charge in [-0.15, -0.1) is 3.89 Å². The number of carbonyl (C=O) groups excluding carboxylic acids is 1. The second kappa shape index (κ2) is 5.19. The van der Waals surface area contributed by atoms with Gasteiger partial charge < -0.3 is 0 Å². The molecule has 1 amide bonds. The molecule has 0 radical (unpaired) electrons. The number of thiazole rings is 1. The van der Waals surface area contributed by atoms with Crippen LogP contribution < -0.4 is 4.90 Å². The zero-order valence-corrected chi connectivity index (χ0v) is 13.0. The molecule has 1 aliphatic rings. The number of hydrogen-bond acceptors (Lipinski definition) is 5. The van der Waals surface area contributed by atoms with Gasteiger partial charge in [0.05, 0.1) is 16.0 Å². The molecule has 0 spiro atoms. The fraction of sp³-hybridized carbons (Fsp3) is 0.333. The number of anilines is 1. The summed E-state index contributed by atoms with van der Waals surface area (Å²) >= 11 is 7.21. The minimum Gasteiger partial charge on any atom is -0.288 e. The molecule has 1 saturated heterocycles. The van der Waals surface area contributed by atoms with Crippen LogP contribution in [-0.2, 0) is 15.0 Å². The Kier molecular flexibility index (Phi) is 3.62. The van der Waals surface area contributed by atoms with Gasteiger partial charge in [-0.3, -0.25) is 9.69 Å². The molecule has 9 heteroatoms. The lowest BCUT2D eigenvalue weighted by Crippen LogP contribution is -2.25. The molecular formula is C12H10ClFN2O3S2. The standard InChI is InChI=1S/C12H10ClFN2O3S2/c13-8-1-2-10-9(4-8)15-12(20-10)16-5-7(3-11(16)17)6-21(14,18)19/h1-2,4,7H,3,5-6H2. The Bertz CT molecular complexity index is 821. The highest BCUT2D eigenvalue weighted by atomic mass is 35.5. The number of fused-ring (bicyclic) bond motifs is 1. The lowest BCUT2D eigenvalue weighted by molar-refractivity contribution is -0.117. The van der Waals surface area contributed by atoms with Crippen molar-refractivity contribution in [3.05, 3.63) is 23.2 Å². The summed E-state index contributed by atoms with van der Waals surface area (Å²) in [6.07, 6.45) is 0.0137. The molecule has 21 heavy (non-hydrogen) atoms. The van der Waals surface area contributed by atoms with Gasteiger partial charge in [0.25, 0.3) is 0 Å². The first kappa shape index (κ1) is 14.7. The highest BCUT2D eigenvalue weighted by molar-refractivity contribution is 7.86. The molecule has 3 rings (SSSR count). The van der Waals surface area contributed by atoms with Crippen LogP contribution in [0.1, 0.15) is 6.42 Å². The third kappa shape index (κ3) is 3.17. The third-order valence-corrected chi connectivity index (χ3v) is 5.37. The van der Waals surface area contributed by atoms with Crippen molar-refractivity contribution in [2.24, 2.45) is 5.92 Å². The quantitative estimate of drug-likeness (QED) is 0.800. The monoisotopic (exact) mass is 348 g/mol. The Morgan fingerprint density at radius 2 is 2.24 bits per heavy atom. The zero-order valence-electron chi connectivity index (χ0n) is 10.6. The van der Waals surface area contributed by atoms with Crippen LogP contribution in [0.25, 0.3) is 10.2 Å². The van der Waals surface area contributed by atoms with Crippen LogP contribution in [0.15, 0.2) is 18.2 Å². The molecule has 0 aliphatic carbocycles. The lowest BCUT2D eigenvalue weighted by Gasteiger charge is -2.11. The predicted octanol–water partition coefficient (Wildman–Crippen LogP) is 2.60. The molecule has 0 saturated carbocycles. The van der Waals surface area contributed by atoms with Gasteiger partial charge in [-0.2, -0.15) is 8.42 Å². The Hall–Kier alpha value is -1.25. The number of rotatable bonds is 3. The highest BCUT2D eigenvalue weighted by Crippen LogP contribution is 2.34. The minimum atomic E-state index is -4.58. The number of nitrogens with zero attached hydrogens (tertiary/aromatic N) is 2. The van der Waals surface area contributed by atoms with Crippen LogP contribution in [0, 0.1) is 5.92 Å². The lowest BCUT2D eigenvalue weighted by atomic mass is 10.1. The summed E-state index contributed by atoms with van der Waals surface area (Å²) in [5, 5.41) is 1.03. The molecular weight excluding hydrogens is 339 g/mol. The zero-order chi connectivity index (χ0) is 15.2.